The van der Waals surface area contributed by atoms with Crippen LogP contribution in [-0.4, -0.2) is 29.9 Å². The Morgan fingerprint density at radius 1 is 1.20 bits per heavy atom. The van der Waals surface area contributed by atoms with Gasteiger partial charge < -0.3 is 24.6 Å². The molecule has 0 saturated carbocycles. The average molecular weight is 343 g/mol. The van der Waals surface area contributed by atoms with Crippen LogP contribution in [0.3, 0.4) is 0 Å². The van der Waals surface area contributed by atoms with Crippen molar-refractivity contribution in [1.29, 1.82) is 0 Å². The molecule has 0 spiro atoms. The number of aromatic hydroxyl groups is 1. The highest BCUT2D eigenvalue weighted by Crippen LogP contribution is 2.32. The van der Waals surface area contributed by atoms with Crippen LogP contribution in [0.5, 0.6) is 17.2 Å². The fourth-order valence-electron chi connectivity index (χ4n) is 2.30. The van der Waals surface area contributed by atoms with Crippen LogP contribution in [0.2, 0.25) is 0 Å². The van der Waals surface area contributed by atoms with E-state index in [0.29, 0.717) is 11.5 Å². The first-order valence-electron chi connectivity index (χ1n) is 7.69. The maximum atomic E-state index is 12.1. The smallest absolute Gasteiger partial charge is 0.339 e. The number of phenols is 1. The van der Waals surface area contributed by atoms with E-state index in [1.165, 1.54) is 31.2 Å². The molecule has 0 aromatic heterocycles. The molecule has 0 unspecified atom stereocenters. The van der Waals surface area contributed by atoms with E-state index in [1.54, 1.807) is 12.1 Å². The highest BCUT2D eigenvalue weighted by atomic mass is 16.7. The molecule has 0 saturated heterocycles. The van der Waals surface area contributed by atoms with Crippen LogP contribution < -0.4 is 14.8 Å². The molecule has 1 heterocycles. The van der Waals surface area contributed by atoms with Gasteiger partial charge >= 0.3 is 5.97 Å². The standard InChI is InChI=1S/C18H17NO6/c1-11(25-18(22)13-3-2-4-14(20)8-13)17(21)19-9-12-5-6-15-16(7-12)24-10-23-15/h2-8,11,20H,9-10H2,1H3,(H,19,21)/t11-/m1/s1. The van der Waals surface area contributed by atoms with Gasteiger partial charge in [0.25, 0.3) is 5.91 Å². The molecule has 3 rings (SSSR count). The molecular weight excluding hydrogens is 326 g/mol. The van der Waals surface area contributed by atoms with Gasteiger partial charge in [-0.25, -0.2) is 4.79 Å². The molecular formula is C18H17NO6. The summed E-state index contributed by atoms with van der Waals surface area (Å²) in [6, 6.07) is 11.1. The largest absolute Gasteiger partial charge is 0.508 e. The molecule has 7 heteroatoms. The van der Waals surface area contributed by atoms with E-state index >= 15 is 0 Å². The van der Waals surface area contributed by atoms with Crippen molar-refractivity contribution in [3.63, 3.8) is 0 Å². The van der Waals surface area contributed by atoms with Crippen LogP contribution in [-0.2, 0) is 16.1 Å². The van der Waals surface area contributed by atoms with Crippen LogP contribution in [0.15, 0.2) is 42.5 Å². The second kappa shape index (κ2) is 7.12. The summed E-state index contributed by atoms with van der Waals surface area (Å²) < 4.78 is 15.6. The minimum absolute atomic E-state index is 0.0469. The molecule has 0 aliphatic carbocycles. The Kier molecular flexibility index (Phi) is 4.74. The lowest BCUT2D eigenvalue weighted by molar-refractivity contribution is -0.129. The molecule has 1 atom stereocenters. The summed E-state index contributed by atoms with van der Waals surface area (Å²) in [5, 5.41) is 12.1. The highest BCUT2D eigenvalue weighted by Gasteiger charge is 2.19. The van der Waals surface area contributed by atoms with E-state index in [0.717, 1.165) is 5.56 Å². The second-order valence-corrected chi connectivity index (χ2v) is 5.50. The van der Waals surface area contributed by atoms with E-state index in [4.69, 9.17) is 14.2 Å². The van der Waals surface area contributed by atoms with Crippen LogP contribution >= 0.6 is 0 Å². The first-order chi connectivity index (χ1) is 12.0. The van der Waals surface area contributed by atoms with E-state index in [2.05, 4.69) is 5.32 Å². The Bertz CT molecular complexity index is 804. The number of benzene rings is 2. The van der Waals surface area contributed by atoms with Crippen LogP contribution in [0.1, 0.15) is 22.8 Å². The molecule has 0 fully saturated rings. The van der Waals surface area contributed by atoms with Gasteiger partial charge in [0.2, 0.25) is 6.79 Å². The Morgan fingerprint density at radius 3 is 2.80 bits per heavy atom. The third-order valence-electron chi connectivity index (χ3n) is 3.64. The summed E-state index contributed by atoms with van der Waals surface area (Å²) in [4.78, 5) is 24.1. The van der Waals surface area contributed by atoms with Gasteiger partial charge in [-0.1, -0.05) is 12.1 Å². The zero-order chi connectivity index (χ0) is 17.8. The molecule has 1 aliphatic rings. The monoisotopic (exact) mass is 343 g/mol. The van der Waals surface area contributed by atoms with Gasteiger partial charge in [-0.3, -0.25) is 4.79 Å². The Hall–Kier alpha value is -3.22. The third kappa shape index (κ3) is 4.00. The lowest BCUT2D eigenvalue weighted by Gasteiger charge is -2.14. The number of carbonyl (C=O) groups is 2. The second-order valence-electron chi connectivity index (χ2n) is 5.50. The Labute approximate surface area is 144 Å². The predicted octanol–water partition coefficient (Wildman–Crippen LogP) is 1.98. The summed E-state index contributed by atoms with van der Waals surface area (Å²) >= 11 is 0. The molecule has 0 radical (unpaired) electrons. The molecule has 2 N–H and O–H groups in total. The number of phenolic OH excluding ortho intramolecular Hbond substituents is 1. The number of hydrogen-bond donors (Lipinski definition) is 2. The van der Waals surface area contributed by atoms with Crippen molar-refractivity contribution in [2.75, 3.05) is 6.79 Å². The quantitative estimate of drug-likeness (QED) is 0.806. The zero-order valence-electron chi connectivity index (χ0n) is 13.5. The summed E-state index contributed by atoms with van der Waals surface area (Å²) in [7, 11) is 0. The molecule has 130 valence electrons. The van der Waals surface area contributed by atoms with Gasteiger partial charge in [-0.05, 0) is 42.8 Å². The molecule has 1 amide bonds. The molecule has 25 heavy (non-hydrogen) atoms. The first-order valence-corrected chi connectivity index (χ1v) is 7.69. The number of fused-ring (bicyclic) bond motifs is 1. The van der Waals surface area contributed by atoms with Gasteiger partial charge in [0.1, 0.15) is 5.75 Å². The summed E-state index contributed by atoms with van der Waals surface area (Å²) in [6.45, 7) is 1.94. The summed E-state index contributed by atoms with van der Waals surface area (Å²) in [6.07, 6.45) is -0.969. The Balaban J connectivity index is 1.53. The first kappa shape index (κ1) is 16.6. The number of ether oxygens (including phenoxy) is 3. The van der Waals surface area contributed by atoms with Gasteiger partial charge in [0.05, 0.1) is 5.56 Å². The number of hydrogen-bond acceptors (Lipinski definition) is 6. The fraction of sp³-hybridized carbons (Fsp3) is 0.222. The van der Waals surface area contributed by atoms with E-state index in [1.807, 2.05) is 6.07 Å². The lowest BCUT2D eigenvalue weighted by atomic mass is 10.2. The maximum absolute atomic E-state index is 12.1. The highest BCUT2D eigenvalue weighted by molar-refractivity contribution is 5.92. The maximum Gasteiger partial charge on any atom is 0.339 e. The zero-order valence-corrected chi connectivity index (χ0v) is 13.5. The summed E-state index contributed by atoms with van der Waals surface area (Å²) in [5.74, 6) is 0.153. The van der Waals surface area contributed by atoms with Crippen molar-refractivity contribution in [3.05, 3.63) is 53.6 Å². The topological polar surface area (TPSA) is 94.1 Å². The minimum atomic E-state index is -0.969. The van der Waals surface area contributed by atoms with E-state index in [9.17, 15) is 14.7 Å². The number of rotatable bonds is 5. The number of carbonyl (C=O) groups excluding carboxylic acids is 2. The van der Waals surface area contributed by atoms with Crippen molar-refractivity contribution < 1.29 is 28.9 Å². The number of amides is 1. The van der Waals surface area contributed by atoms with Crippen molar-refractivity contribution in [1.82, 2.24) is 5.32 Å². The molecule has 0 bridgehead atoms. The molecule has 1 aliphatic heterocycles. The van der Waals surface area contributed by atoms with Gasteiger partial charge in [0.15, 0.2) is 17.6 Å². The Morgan fingerprint density at radius 2 is 2.00 bits per heavy atom. The van der Waals surface area contributed by atoms with Gasteiger partial charge in [-0.15, -0.1) is 0 Å². The van der Waals surface area contributed by atoms with Crippen LogP contribution in [0, 0.1) is 0 Å². The van der Waals surface area contributed by atoms with Crippen LogP contribution in [0.25, 0.3) is 0 Å². The van der Waals surface area contributed by atoms with Gasteiger partial charge in [-0.2, -0.15) is 0 Å². The van der Waals surface area contributed by atoms with E-state index < -0.39 is 18.0 Å². The predicted molar refractivity (Wildman–Crippen MR) is 87.4 cm³/mol. The molecule has 2 aromatic rings. The van der Waals surface area contributed by atoms with Crippen molar-refractivity contribution >= 4 is 11.9 Å². The number of esters is 1. The normalized spacial score (nSPS) is 13.2. The number of nitrogens with one attached hydrogen (secondary N) is 1. The fourth-order valence-corrected chi connectivity index (χ4v) is 2.30. The van der Waals surface area contributed by atoms with E-state index in [-0.39, 0.29) is 24.7 Å². The average Bonchev–Trinajstić information content (AvgIpc) is 3.07. The SMILES string of the molecule is C[C@@H](OC(=O)c1cccc(O)c1)C(=O)NCc1ccc2c(c1)OCO2. The lowest BCUT2D eigenvalue weighted by Crippen LogP contribution is -2.35. The summed E-state index contributed by atoms with van der Waals surface area (Å²) in [5.41, 5.74) is 1.01. The van der Waals surface area contributed by atoms with Gasteiger partial charge in [0, 0.05) is 6.54 Å². The minimum Gasteiger partial charge on any atom is -0.508 e. The molecule has 7 nitrogen and oxygen atoms in total. The van der Waals surface area contributed by atoms with Crippen LogP contribution in [0.4, 0.5) is 0 Å². The molecule has 2 aromatic carbocycles. The van der Waals surface area contributed by atoms with Crippen molar-refractivity contribution in [2.24, 2.45) is 0 Å². The van der Waals surface area contributed by atoms with Crippen molar-refractivity contribution in [3.8, 4) is 17.2 Å². The van der Waals surface area contributed by atoms with Crippen molar-refractivity contribution in [2.45, 2.75) is 19.6 Å². The third-order valence-corrected chi connectivity index (χ3v) is 3.64.